The lowest BCUT2D eigenvalue weighted by Gasteiger charge is -2.33. The summed E-state index contributed by atoms with van der Waals surface area (Å²) in [5, 5.41) is 0. The van der Waals surface area contributed by atoms with Gasteiger partial charge in [-0.15, -0.1) is 0 Å². The third-order valence-corrected chi connectivity index (χ3v) is 4.68. The molecule has 120 valence electrons. The van der Waals surface area contributed by atoms with Gasteiger partial charge >= 0.3 is 0 Å². The lowest BCUT2D eigenvalue weighted by molar-refractivity contribution is 0.0707. The fourth-order valence-corrected chi connectivity index (χ4v) is 3.26. The van der Waals surface area contributed by atoms with Gasteiger partial charge in [0.05, 0.1) is 0 Å². The van der Waals surface area contributed by atoms with Gasteiger partial charge in [0, 0.05) is 36.5 Å². The number of nitrogens with zero attached hydrogens (tertiary/aromatic N) is 2. The van der Waals surface area contributed by atoms with E-state index in [0.29, 0.717) is 5.92 Å². The molecule has 0 saturated carbocycles. The lowest BCUT2D eigenvalue weighted by atomic mass is 9.90. The second-order valence-corrected chi connectivity index (χ2v) is 6.39. The zero-order chi connectivity index (χ0) is 16.2. The number of carbonyl (C=O) groups is 1. The normalized spacial score (nSPS) is 18.0. The van der Waals surface area contributed by atoms with E-state index >= 15 is 0 Å². The molecule has 3 rings (SSSR count). The minimum Gasteiger partial charge on any atom is -0.338 e. The van der Waals surface area contributed by atoms with Crippen LogP contribution < -0.4 is 0 Å². The maximum atomic E-state index is 12.8. The molecule has 0 aliphatic carbocycles. The second-order valence-electron chi connectivity index (χ2n) is 6.39. The minimum absolute atomic E-state index is 0.138. The highest BCUT2D eigenvalue weighted by atomic mass is 16.2. The van der Waals surface area contributed by atoms with E-state index in [1.54, 1.807) is 6.20 Å². The van der Waals surface area contributed by atoms with Gasteiger partial charge in [-0.3, -0.25) is 9.78 Å². The van der Waals surface area contributed by atoms with Gasteiger partial charge in [0.25, 0.3) is 5.91 Å². The van der Waals surface area contributed by atoms with Gasteiger partial charge in [0.2, 0.25) is 0 Å². The van der Waals surface area contributed by atoms with Crippen LogP contribution in [0.3, 0.4) is 0 Å². The van der Waals surface area contributed by atoms with Crippen LogP contribution in [0.2, 0.25) is 0 Å². The van der Waals surface area contributed by atoms with Crippen LogP contribution in [-0.2, 0) is 6.42 Å². The number of aryl methyl sites for hydroxylation is 2. The molecule has 23 heavy (non-hydrogen) atoms. The zero-order valence-electron chi connectivity index (χ0n) is 14.0. The highest BCUT2D eigenvalue weighted by molar-refractivity contribution is 5.94. The van der Waals surface area contributed by atoms with Crippen molar-refractivity contribution in [1.82, 2.24) is 9.88 Å². The number of hydrogen-bond acceptors (Lipinski definition) is 2. The summed E-state index contributed by atoms with van der Waals surface area (Å²) < 4.78 is 0. The van der Waals surface area contributed by atoms with Crippen molar-refractivity contribution in [2.45, 2.75) is 39.0 Å². The van der Waals surface area contributed by atoms with Crippen LogP contribution in [0.5, 0.6) is 0 Å². The van der Waals surface area contributed by atoms with Crippen LogP contribution >= 0.6 is 0 Å². The number of hydrogen-bond donors (Lipinski definition) is 0. The molecule has 0 spiro atoms. The molecule has 1 amide bonds. The third-order valence-electron chi connectivity index (χ3n) is 4.68. The molecule has 2 heterocycles. The summed E-state index contributed by atoms with van der Waals surface area (Å²) in [6.45, 7) is 5.83. The molecule has 1 atom stereocenters. The second kappa shape index (κ2) is 6.95. The molecular weight excluding hydrogens is 284 g/mol. The molecule has 1 aliphatic heterocycles. The summed E-state index contributed by atoms with van der Waals surface area (Å²) >= 11 is 0. The van der Waals surface area contributed by atoms with Crippen molar-refractivity contribution in [2.24, 2.45) is 0 Å². The zero-order valence-corrected chi connectivity index (χ0v) is 14.0. The van der Waals surface area contributed by atoms with Gasteiger partial charge in [-0.2, -0.15) is 0 Å². The Hall–Kier alpha value is -2.16. The highest BCUT2D eigenvalue weighted by Gasteiger charge is 2.25. The number of likely N-dealkylation sites (tertiary alicyclic amines) is 1. The standard InChI is InChI=1S/C20H24N2O/c1-3-19-13-17(10-11-21-19)20(23)22-12-4-5-18(14-22)16-8-6-15(2)7-9-16/h6-11,13,18H,3-5,12,14H2,1-2H3/t18-/m1/s1. The van der Waals surface area contributed by atoms with E-state index in [2.05, 4.69) is 43.1 Å². The quantitative estimate of drug-likeness (QED) is 0.859. The number of rotatable bonds is 3. The lowest BCUT2D eigenvalue weighted by Crippen LogP contribution is -2.39. The van der Waals surface area contributed by atoms with Gasteiger partial charge in [-0.1, -0.05) is 36.8 Å². The fraction of sp³-hybridized carbons (Fsp3) is 0.400. The highest BCUT2D eigenvalue weighted by Crippen LogP contribution is 2.28. The molecule has 1 aromatic carbocycles. The molecule has 0 bridgehead atoms. The van der Waals surface area contributed by atoms with Crippen LogP contribution in [0.25, 0.3) is 0 Å². The summed E-state index contributed by atoms with van der Waals surface area (Å²) in [5.41, 5.74) is 4.36. The first-order valence-electron chi connectivity index (χ1n) is 8.48. The molecular formula is C20H24N2O. The largest absolute Gasteiger partial charge is 0.338 e. The number of pyridine rings is 1. The molecule has 0 unspecified atom stereocenters. The Morgan fingerprint density at radius 3 is 2.78 bits per heavy atom. The van der Waals surface area contributed by atoms with Crippen molar-refractivity contribution < 1.29 is 4.79 Å². The Labute approximate surface area is 138 Å². The Kier molecular flexibility index (Phi) is 4.75. The number of aromatic nitrogens is 1. The summed E-state index contributed by atoms with van der Waals surface area (Å²) in [4.78, 5) is 19.1. The van der Waals surface area contributed by atoms with Gasteiger partial charge < -0.3 is 4.90 Å². The summed E-state index contributed by atoms with van der Waals surface area (Å²) in [7, 11) is 0. The van der Waals surface area contributed by atoms with Crippen LogP contribution in [-0.4, -0.2) is 28.9 Å². The molecule has 3 nitrogen and oxygen atoms in total. The number of amides is 1. The molecule has 0 radical (unpaired) electrons. The van der Waals surface area contributed by atoms with Crippen LogP contribution in [0.15, 0.2) is 42.6 Å². The molecule has 1 aromatic heterocycles. The maximum absolute atomic E-state index is 12.8. The molecule has 2 aromatic rings. The number of carbonyl (C=O) groups excluding carboxylic acids is 1. The van der Waals surface area contributed by atoms with Crippen molar-refractivity contribution in [3.63, 3.8) is 0 Å². The van der Waals surface area contributed by atoms with Gasteiger partial charge in [0.1, 0.15) is 0 Å². The molecule has 0 N–H and O–H groups in total. The summed E-state index contributed by atoms with van der Waals surface area (Å²) in [6.07, 6.45) is 4.82. The average Bonchev–Trinajstić information content (AvgIpc) is 2.62. The van der Waals surface area contributed by atoms with Crippen LogP contribution in [0, 0.1) is 6.92 Å². The Morgan fingerprint density at radius 1 is 1.26 bits per heavy atom. The minimum atomic E-state index is 0.138. The Morgan fingerprint density at radius 2 is 2.04 bits per heavy atom. The molecule has 1 fully saturated rings. The van der Waals surface area contributed by atoms with Crippen molar-refractivity contribution in [2.75, 3.05) is 13.1 Å². The van der Waals surface area contributed by atoms with E-state index in [9.17, 15) is 4.79 Å². The Balaban J connectivity index is 1.75. The maximum Gasteiger partial charge on any atom is 0.253 e. The van der Waals surface area contributed by atoms with E-state index in [-0.39, 0.29) is 5.91 Å². The van der Waals surface area contributed by atoms with E-state index in [4.69, 9.17) is 0 Å². The molecule has 3 heteroatoms. The average molecular weight is 308 g/mol. The SMILES string of the molecule is CCc1cc(C(=O)N2CCC[C@@H](c3ccc(C)cc3)C2)ccn1. The first kappa shape index (κ1) is 15.7. The van der Waals surface area contributed by atoms with Crippen molar-refractivity contribution in [3.05, 3.63) is 65.0 Å². The van der Waals surface area contributed by atoms with Gasteiger partial charge in [0.15, 0.2) is 0 Å². The topological polar surface area (TPSA) is 33.2 Å². The van der Waals surface area contributed by atoms with E-state index in [0.717, 1.165) is 43.6 Å². The Bertz CT molecular complexity index is 678. The first-order valence-corrected chi connectivity index (χ1v) is 8.48. The smallest absolute Gasteiger partial charge is 0.253 e. The van der Waals surface area contributed by atoms with Crippen LogP contribution in [0.1, 0.15) is 52.9 Å². The number of benzene rings is 1. The molecule has 1 saturated heterocycles. The predicted octanol–water partition coefficient (Wildman–Crippen LogP) is 3.97. The van der Waals surface area contributed by atoms with Gasteiger partial charge in [-0.25, -0.2) is 0 Å². The summed E-state index contributed by atoms with van der Waals surface area (Å²) in [5.74, 6) is 0.583. The number of piperidine rings is 1. The van der Waals surface area contributed by atoms with Gasteiger partial charge in [-0.05, 0) is 43.9 Å². The first-order chi connectivity index (χ1) is 11.2. The summed E-state index contributed by atoms with van der Waals surface area (Å²) in [6, 6.07) is 12.5. The third kappa shape index (κ3) is 3.61. The van der Waals surface area contributed by atoms with Crippen molar-refractivity contribution >= 4 is 5.91 Å². The van der Waals surface area contributed by atoms with Crippen molar-refractivity contribution in [1.29, 1.82) is 0 Å². The monoisotopic (exact) mass is 308 g/mol. The van der Waals surface area contributed by atoms with Crippen LogP contribution in [0.4, 0.5) is 0 Å². The molecule has 1 aliphatic rings. The van der Waals surface area contributed by atoms with E-state index < -0.39 is 0 Å². The van der Waals surface area contributed by atoms with E-state index in [1.807, 2.05) is 17.0 Å². The van der Waals surface area contributed by atoms with E-state index in [1.165, 1.54) is 11.1 Å². The predicted molar refractivity (Wildman–Crippen MR) is 92.7 cm³/mol. The fourth-order valence-electron chi connectivity index (χ4n) is 3.26. The van der Waals surface area contributed by atoms with Crippen molar-refractivity contribution in [3.8, 4) is 0 Å².